The predicted octanol–water partition coefficient (Wildman–Crippen LogP) is 11.6. The maximum atomic E-state index is 14.2. The highest BCUT2D eigenvalue weighted by Crippen LogP contribution is 2.44. The van der Waals surface area contributed by atoms with Gasteiger partial charge in [0.25, 0.3) is 0 Å². The topological polar surface area (TPSA) is 130 Å². The van der Waals surface area contributed by atoms with Gasteiger partial charge in [-0.15, -0.1) is 0 Å². The van der Waals surface area contributed by atoms with Crippen molar-refractivity contribution in [3.8, 4) is 0 Å². The Morgan fingerprint density at radius 3 is 0.817 bits per heavy atom. The van der Waals surface area contributed by atoms with Crippen LogP contribution in [0.2, 0.25) is 0 Å². The predicted molar refractivity (Wildman–Crippen MR) is 320 cm³/mol. The van der Waals surface area contributed by atoms with E-state index < -0.39 is 97.2 Å². The fourth-order valence-electron chi connectivity index (χ4n) is 7.50. The van der Waals surface area contributed by atoms with E-state index in [2.05, 4.69) is 31.9 Å². The molecule has 4 aliphatic heterocycles. The van der Waals surface area contributed by atoms with E-state index in [1.165, 1.54) is 63.2 Å². The minimum atomic E-state index is -1.01. The number of aliphatic hydroxyl groups excluding tert-OH is 1. The second-order valence-corrected chi connectivity index (χ2v) is 25.9. The third-order valence-electron chi connectivity index (χ3n) is 15.5. The van der Waals surface area contributed by atoms with Crippen LogP contribution in [0.3, 0.4) is 0 Å². The molecule has 8 rings (SSSR count). The minimum Gasteiger partial charge on any atom is -0.405 e. The molecule has 4 aromatic rings. The molecule has 0 aromatic heterocycles. The standard InChI is InChI=1S/2C14H20BF2NO2.C12H24B2O4.C8H8BrF2N.C6H4BrF2N.CH4O/c2*1-13(2)14(3,4)20-15(19-13)9-7-8-10(18(5)6)12(17)11(9)16;1-9(2)10(3,4)16-13(15-9)14-17-11(5,6)12(7,8)18-14;1-12(2)6-4-3-5(9)7(10)8(6)11;7-3-1-2-4(10)6(9)5(3)8;1-2/h2*7-8H,1-6H3;1-8H3;3-4H,1-2H3;1-2H,10H2;2H,1H3. The van der Waals surface area contributed by atoms with Gasteiger partial charge in [0.1, 0.15) is 0 Å². The number of rotatable bonds is 6. The van der Waals surface area contributed by atoms with Gasteiger partial charge in [0.05, 0.1) is 76.5 Å². The number of hydrogen-bond donors (Lipinski definition) is 2. The van der Waals surface area contributed by atoms with Crippen molar-refractivity contribution in [2.45, 2.75) is 156 Å². The fraction of sp³-hybridized carbons (Fsp3) is 0.564. The van der Waals surface area contributed by atoms with E-state index in [0.717, 1.165) is 7.11 Å². The number of benzene rings is 4. The van der Waals surface area contributed by atoms with E-state index >= 15 is 0 Å². The maximum Gasteiger partial charge on any atom is 0.497 e. The summed E-state index contributed by atoms with van der Waals surface area (Å²) in [6.07, 6.45) is 0. The normalized spacial score (nSPS) is 19.7. The molecule has 0 spiro atoms. The fourth-order valence-corrected chi connectivity index (χ4v) is 8.12. The summed E-state index contributed by atoms with van der Waals surface area (Å²) in [5.74, 6) is -7.24. The summed E-state index contributed by atoms with van der Waals surface area (Å²) in [4.78, 5) is 4.56. The molecule has 0 amide bonds. The summed E-state index contributed by atoms with van der Waals surface area (Å²) < 4.78 is 154. The molecule has 13 nitrogen and oxygen atoms in total. The van der Waals surface area contributed by atoms with Crippen LogP contribution in [0.15, 0.2) is 57.5 Å². The number of nitrogens with zero attached hydrogens (tertiary/aromatic N) is 3. The molecule has 0 radical (unpaired) electrons. The smallest absolute Gasteiger partial charge is 0.405 e. The monoisotopic (exact) mass is 1290 g/mol. The number of nitrogens with two attached hydrogens (primary N) is 1. The van der Waals surface area contributed by atoms with Crippen molar-refractivity contribution in [2.24, 2.45) is 0 Å². The molecule has 3 N–H and O–H groups in total. The average molecular weight is 1300 g/mol. The Hall–Kier alpha value is -3.62. The Bertz CT molecular complexity index is 2640. The van der Waals surface area contributed by atoms with Crippen LogP contribution in [0.1, 0.15) is 111 Å². The molecule has 4 heterocycles. The van der Waals surface area contributed by atoms with Gasteiger partial charge >= 0.3 is 28.3 Å². The zero-order valence-corrected chi connectivity index (χ0v) is 54.5. The number of hydrogen-bond acceptors (Lipinski definition) is 13. The summed E-state index contributed by atoms with van der Waals surface area (Å²) in [6.45, 7) is 31.2. The van der Waals surface area contributed by atoms with Crippen LogP contribution < -0.4 is 31.4 Å². The van der Waals surface area contributed by atoms with Crippen molar-refractivity contribution in [3.05, 3.63) is 104 Å². The summed E-state index contributed by atoms with van der Waals surface area (Å²) in [5.41, 5.74) is 1.92. The summed E-state index contributed by atoms with van der Waals surface area (Å²) in [6, 6.07) is 11.7. The zero-order chi connectivity index (χ0) is 63.6. The number of aliphatic hydroxyl groups is 1. The molecular weight excluding hydrogens is 1220 g/mol. The lowest BCUT2D eigenvalue weighted by molar-refractivity contribution is 0.00578. The zero-order valence-electron chi connectivity index (χ0n) is 51.3. The van der Waals surface area contributed by atoms with Crippen molar-refractivity contribution in [1.29, 1.82) is 0 Å². The van der Waals surface area contributed by atoms with Crippen molar-refractivity contribution in [3.63, 3.8) is 0 Å². The number of halogens is 10. The quantitative estimate of drug-likeness (QED) is 0.0823. The van der Waals surface area contributed by atoms with Gasteiger partial charge in [0, 0.05) is 60.3 Å². The van der Waals surface area contributed by atoms with E-state index in [0.29, 0.717) is 0 Å². The second kappa shape index (κ2) is 27.0. The van der Waals surface area contributed by atoms with Gasteiger partial charge < -0.3 is 62.8 Å². The van der Waals surface area contributed by atoms with E-state index in [4.69, 9.17) is 48.1 Å². The molecule has 0 bridgehead atoms. The highest BCUT2D eigenvalue weighted by Gasteiger charge is 2.64. The van der Waals surface area contributed by atoms with Gasteiger partial charge in [-0.3, -0.25) is 0 Å². The van der Waals surface area contributed by atoms with Crippen LogP contribution in [-0.2, 0) is 37.2 Å². The minimum absolute atomic E-state index is 0.0826. The lowest BCUT2D eigenvalue weighted by Crippen LogP contribution is -2.41. The first-order valence-electron chi connectivity index (χ1n) is 26.1. The lowest BCUT2D eigenvalue weighted by Gasteiger charge is -2.32. The third kappa shape index (κ3) is 16.1. The van der Waals surface area contributed by atoms with Crippen molar-refractivity contribution >= 4 is 93.8 Å². The Morgan fingerprint density at radius 2 is 0.561 bits per heavy atom. The summed E-state index contributed by atoms with van der Waals surface area (Å²) in [7, 11) is 8.21. The van der Waals surface area contributed by atoms with Crippen LogP contribution in [0.25, 0.3) is 0 Å². The molecule has 4 aliphatic rings. The number of anilines is 4. The lowest BCUT2D eigenvalue weighted by atomic mass is 9.49. The first kappa shape index (κ1) is 72.6. The van der Waals surface area contributed by atoms with Crippen molar-refractivity contribution < 1.29 is 77.5 Å². The molecule has 0 unspecified atom stereocenters. The Balaban J connectivity index is 0.000000272. The number of nitrogen functional groups attached to an aromatic ring is 1. The maximum absolute atomic E-state index is 14.2. The van der Waals surface area contributed by atoms with Gasteiger partial charge in [-0.2, -0.15) is 0 Å². The summed E-state index contributed by atoms with van der Waals surface area (Å²) >= 11 is 5.71. The first-order chi connectivity index (χ1) is 37.2. The molecular formula is C55H80B4Br2F8N4O9. The van der Waals surface area contributed by atoms with Crippen molar-refractivity contribution in [1.82, 2.24) is 0 Å². The Kier molecular flexibility index (Phi) is 23.9. The van der Waals surface area contributed by atoms with Gasteiger partial charge in [0.2, 0.25) is 0 Å². The third-order valence-corrected chi connectivity index (χ3v) is 16.7. The largest absolute Gasteiger partial charge is 0.497 e. The van der Waals surface area contributed by atoms with Crippen LogP contribution in [0, 0.1) is 46.5 Å². The Morgan fingerprint density at radius 1 is 0.341 bits per heavy atom. The van der Waals surface area contributed by atoms with Gasteiger partial charge in [0.15, 0.2) is 46.5 Å². The molecule has 0 saturated carbocycles. The first-order valence-corrected chi connectivity index (χ1v) is 27.6. The SMILES string of the molecule is CC1(C)OB(B2OC(C)(C)C(C)(C)O2)OC1(C)C.CN(C)c1ccc(B2OC(C)(C)C(C)(C)O2)c(F)c1F.CN(C)c1ccc(B2OC(C)(C)C(C)(C)O2)c(F)c1F.CN(C)c1ccc(Br)c(F)c1F.CO.Nc1ccc(Br)c(F)c1F. The molecule has 4 fully saturated rings. The van der Waals surface area contributed by atoms with Gasteiger partial charge in [-0.25, -0.2) is 35.1 Å². The molecule has 4 aromatic carbocycles. The molecule has 27 heteroatoms. The van der Waals surface area contributed by atoms with Gasteiger partial charge in [-0.1, -0.05) is 12.1 Å². The van der Waals surface area contributed by atoms with Gasteiger partial charge in [-0.05, 0) is 179 Å². The highest BCUT2D eigenvalue weighted by molar-refractivity contribution is 9.10. The molecule has 4 saturated heterocycles. The van der Waals surface area contributed by atoms with E-state index in [-0.39, 0.29) is 65.0 Å². The highest BCUT2D eigenvalue weighted by atomic mass is 79.9. The van der Waals surface area contributed by atoms with E-state index in [1.54, 1.807) is 42.3 Å². The second-order valence-electron chi connectivity index (χ2n) is 24.2. The molecule has 0 atom stereocenters. The Labute approximate surface area is 498 Å². The van der Waals surface area contributed by atoms with E-state index in [1.807, 2.05) is 111 Å². The van der Waals surface area contributed by atoms with Crippen LogP contribution in [-0.4, -0.2) is 128 Å². The van der Waals surface area contributed by atoms with Crippen LogP contribution >= 0.6 is 31.9 Å². The van der Waals surface area contributed by atoms with E-state index in [9.17, 15) is 35.1 Å². The molecule has 456 valence electrons. The average Bonchev–Trinajstić information content (AvgIpc) is 4.17. The van der Waals surface area contributed by atoms with Crippen molar-refractivity contribution in [2.75, 3.05) is 69.8 Å². The summed E-state index contributed by atoms with van der Waals surface area (Å²) in [5, 5.41) is 7.00. The molecule has 0 aliphatic carbocycles. The van der Waals surface area contributed by atoms with Crippen LogP contribution in [0.5, 0.6) is 0 Å². The van der Waals surface area contributed by atoms with Crippen LogP contribution in [0.4, 0.5) is 57.9 Å². The molecule has 82 heavy (non-hydrogen) atoms.